The summed E-state index contributed by atoms with van der Waals surface area (Å²) in [6, 6.07) is 0. The Morgan fingerprint density at radius 1 is 0.762 bits per heavy atom. The number of aliphatic hydroxyl groups excluding tert-OH is 2. The molecule has 9 heteroatoms. The van der Waals surface area contributed by atoms with Gasteiger partial charge in [-0.25, -0.2) is 9.59 Å². The summed E-state index contributed by atoms with van der Waals surface area (Å²) < 4.78 is 0. The number of carbonyl (C=O) groups is 2. The summed E-state index contributed by atoms with van der Waals surface area (Å²) in [4.78, 5) is 22.8. The Hall–Kier alpha value is -1.02. The molecule has 8 nitrogen and oxygen atoms in total. The minimum absolute atomic E-state index is 0. The summed E-state index contributed by atoms with van der Waals surface area (Å²) in [5, 5.41) is 35.1. The first-order chi connectivity index (χ1) is 9.43. The quantitative estimate of drug-likeness (QED) is 0.481. The fourth-order valence-corrected chi connectivity index (χ4v) is 2.27. The summed E-state index contributed by atoms with van der Waals surface area (Å²) in [5.74, 6) is 0. The van der Waals surface area contributed by atoms with E-state index >= 15 is 0 Å². The molecule has 127 valence electrons. The molecule has 0 aromatic carbocycles. The minimum Gasteiger partial charge on any atom is -0.465 e. The van der Waals surface area contributed by atoms with Crippen molar-refractivity contribution in [3.05, 3.63) is 0 Å². The van der Waals surface area contributed by atoms with Crippen molar-refractivity contribution in [3.8, 4) is 0 Å². The number of nitrogens with zero attached hydrogens (tertiary/aromatic N) is 2. The van der Waals surface area contributed by atoms with Gasteiger partial charge in [-0.1, -0.05) is 0 Å². The van der Waals surface area contributed by atoms with Crippen LogP contribution in [0.15, 0.2) is 0 Å². The molecule has 21 heavy (non-hydrogen) atoms. The van der Waals surface area contributed by atoms with Crippen LogP contribution in [0.2, 0.25) is 0 Å². The normalized spacial score (nSPS) is 25.2. The van der Waals surface area contributed by atoms with Crippen LogP contribution in [0.3, 0.4) is 0 Å². The molecular formula is C12H22CuN2O6. The van der Waals surface area contributed by atoms with Crippen LogP contribution in [-0.4, -0.2) is 68.0 Å². The van der Waals surface area contributed by atoms with Crippen molar-refractivity contribution in [3.63, 3.8) is 0 Å². The van der Waals surface area contributed by atoms with Gasteiger partial charge in [0.15, 0.2) is 0 Å². The molecule has 0 bridgehead atoms. The van der Waals surface area contributed by atoms with E-state index in [-0.39, 0.29) is 17.1 Å². The zero-order valence-electron chi connectivity index (χ0n) is 11.6. The van der Waals surface area contributed by atoms with Gasteiger partial charge < -0.3 is 20.4 Å². The molecule has 2 unspecified atom stereocenters. The zero-order valence-corrected chi connectivity index (χ0v) is 12.6. The Kier molecular flexibility index (Phi) is 9.35. The van der Waals surface area contributed by atoms with Gasteiger partial charge in [0.2, 0.25) is 0 Å². The number of hydrogen-bond acceptors (Lipinski definition) is 4. The van der Waals surface area contributed by atoms with Gasteiger partial charge in [0.05, 0.1) is 0 Å². The molecule has 0 saturated carbocycles. The van der Waals surface area contributed by atoms with E-state index in [2.05, 4.69) is 0 Å². The van der Waals surface area contributed by atoms with Gasteiger partial charge in [0.1, 0.15) is 12.5 Å². The van der Waals surface area contributed by atoms with E-state index in [4.69, 9.17) is 20.4 Å². The number of aliphatic hydroxyl groups is 2. The molecule has 2 heterocycles. The Morgan fingerprint density at radius 2 is 1.10 bits per heavy atom. The fraction of sp³-hybridized carbons (Fsp3) is 0.833. The van der Waals surface area contributed by atoms with Crippen LogP contribution < -0.4 is 0 Å². The first-order valence-corrected chi connectivity index (χ1v) is 6.78. The van der Waals surface area contributed by atoms with Crippen molar-refractivity contribution >= 4 is 12.2 Å². The van der Waals surface area contributed by atoms with E-state index < -0.39 is 24.6 Å². The van der Waals surface area contributed by atoms with Crippen molar-refractivity contribution in [2.45, 2.75) is 51.0 Å². The van der Waals surface area contributed by atoms with Crippen LogP contribution in [0.25, 0.3) is 0 Å². The maximum absolute atomic E-state index is 10.3. The molecule has 2 aliphatic heterocycles. The van der Waals surface area contributed by atoms with Crippen LogP contribution in [0.5, 0.6) is 0 Å². The Labute approximate surface area is 133 Å². The number of hydrogen-bond donors (Lipinski definition) is 4. The average Bonchev–Trinajstić information content (AvgIpc) is 2.40. The summed E-state index contributed by atoms with van der Waals surface area (Å²) >= 11 is 0. The zero-order chi connectivity index (χ0) is 15.1. The second kappa shape index (κ2) is 9.83. The van der Waals surface area contributed by atoms with Gasteiger partial charge in [-0.05, 0) is 38.5 Å². The van der Waals surface area contributed by atoms with Crippen molar-refractivity contribution in [2.75, 3.05) is 13.1 Å². The topological polar surface area (TPSA) is 122 Å². The Bertz CT molecular complexity index is 312. The van der Waals surface area contributed by atoms with Crippen molar-refractivity contribution in [1.82, 2.24) is 9.80 Å². The second-order valence-electron chi connectivity index (χ2n) is 4.90. The maximum atomic E-state index is 10.3. The van der Waals surface area contributed by atoms with Crippen molar-refractivity contribution in [1.29, 1.82) is 0 Å². The van der Waals surface area contributed by atoms with Gasteiger partial charge in [-0.2, -0.15) is 0 Å². The monoisotopic (exact) mass is 353 g/mol. The SMILES string of the molecule is O=C(O)N1CCCCC1O.O=C(O)N1CCCCC1O.[Cu]. The van der Waals surface area contributed by atoms with Crippen molar-refractivity contribution < 1.29 is 47.1 Å². The van der Waals surface area contributed by atoms with E-state index in [1.807, 2.05) is 0 Å². The first-order valence-electron chi connectivity index (χ1n) is 6.78. The van der Waals surface area contributed by atoms with Crippen LogP contribution in [-0.2, 0) is 17.1 Å². The summed E-state index contributed by atoms with van der Waals surface area (Å²) in [6.07, 6.45) is 1.14. The number of likely N-dealkylation sites (tertiary alicyclic amines) is 2. The van der Waals surface area contributed by atoms with Crippen LogP contribution in [0, 0.1) is 0 Å². The van der Waals surface area contributed by atoms with E-state index in [9.17, 15) is 9.59 Å². The van der Waals surface area contributed by atoms with Gasteiger partial charge in [-0.3, -0.25) is 9.80 Å². The van der Waals surface area contributed by atoms with Gasteiger partial charge in [-0.15, -0.1) is 0 Å². The molecule has 1 radical (unpaired) electrons. The molecule has 0 spiro atoms. The smallest absolute Gasteiger partial charge is 0.409 e. The molecular weight excluding hydrogens is 332 g/mol. The van der Waals surface area contributed by atoms with Crippen LogP contribution in [0.1, 0.15) is 38.5 Å². The molecule has 0 aliphatic carbocycles. The molecule has 2 amide bonds. The predicted molar refractivity (Wildman–Crippen MR) is 69.2 cm³/mol. The third kappa shape index (κ3) is 6.52. The number of piperidine rings is 2. The number of amides is 2. The Balaban J connectivity index is 0.000000364. The fourth-order valence-electron chi connectivity index (χ4n) is 2.27. The first kappa shape index (κ1) is 20.0. The molecule has 2 rings (SSSR count). The van der Waals surface area contributed by atoms with Gasteiger partial charge in [0.25, 0.3) is 0 Å². The third-order valence-electron chi connectivity index (χ3n) is 3.43. The second-order valence-corrected chi connectivity index (χ2v) is 4.90. The van der Waals surface area contributed by atoms with Gasteiger partial charge >= 0.3 is 12.2 Å². The van der Waals surface area contributed by atoms with E-state index in [0.717, 1.165) is 35.5 Å². The average molecular weight is 354 g/mol. The Morgan fingerprint density at radius 3 is 1.29 bits per heavy atom. The van der Waals surface area contributed by atoms with E-state index in [1.54, 1.807) is 0 Å². The van der Waals surface area contributed by atoms with Crippen LogP contribution in [0.4, 0.5) is 9.59 Å². The third-order valence-corrected chi connectivity index (χ3v) is 3.43. The van der Waals surface area contributed by atoms with Crippen LogP contribution >= 0.6 is 0 Å². The molecule has 0 aromatic rings. The summed E-state index contributed by atoms with van der Waals surface area (Å²) in [5.41, 5.74) is 0. The summed E-state index contributed by atoms with van der Waals surface area (Å²) in [7, 11) is 0. The molecule has 2 fully saturated rings. The maximum Gasteiger partial charge on any atom is 0.409 e. The molecule has 2 atom stereocenters. The minimum atomic E-state index is -1.02. The predicted octanol–water partition coefficient (Wildman–Crippen LogP) is 0.935. The molecule has 2 saturated heterocycles. The number of rotatable bonds is 0. The van der Waals surface area contributed by atoms with Gasteiger partial charge in [0, 0.05) is 30.2 Å². The standard InChI is InChI=1S/2C6H11NO3.Cu/c2*8-5-3-1-2-4-7(5)6(9)10;/h2*5,8H,1-4H2,(H,9,10);. The molecule has 0 aromatic heterocycles. The van der Waals surface area contributed by atoms with E-state index in [0.29, 0.717) is 25.9 Å². The van der Waals surface area contributed by atoms with E-state index in [1.165, 1.54) is 0 Å². The summed E-state index contributed by atoms with van der Waals surface area (Å²) in [6.45, 7) is 0.938. The van der Waals surface area contributed by atoms with Crippen molar-refractivity contribution in [2.24, 2.45) is 0 Å². The number of carboxylic acid groups (broad SMARTS) is 2. The largest absolute Gasteiger partial charge is 0.465 e. The molecule has 2 aliphatic rings. The molecule has 4 N–H and O–H groups in total.